The van der Waals surface area contributed by atoms with Crippen molar-refractivity contribution in [3.63, 3.8) is 0 Å². The van der Waals surface area contributed by atoms with Gasteiger partial charge in [0.25, 0.3) is 5.91 Å². The molecular formula is C31H30Cl2N4O3S. The summed E-state index contributed by atoms with van der Waals surface area (Å²) in [6.45, 7) is 4.18. The Morgan fingerprint density at radius 2 is 1.78 bits per heavy atom. The van der Waals surface area contributed by atoms with Crippen molar-refractivity contribution in [2.45, 2.75) is 33.1 Å². The van der Waals surface area contributed by atoms with Gasteiger partial charge in [0.05, 0.1) is 16.4 Å². The Morgan fingerprint density at radius 1 is 1.02 bits per heavy atom. The van der Waals surface area contributed by atoms with Crippen LogP contribution in [-0.4, -0.2) is 30.4 Å². The highest BCUT2D eigenvalue weighted by molar-refractivity contribution is 7.92. The van der Waals surface area contributed by atoms with Gasteiger partial charge in [-0.1, -0.05) is 79.5 Å². The summed E-state index contributed by atoms with van der Waals surface area (Å²) in [6.07, 6.45) is 8.96. The van der Waals surface area contributed by atoms with Crippen LogP contribution < -0.4 is 9.03 Å². The normalized spacial score (nSPS) is 14.8. The molecule has 1 saturated heterocycles. The van der Waals surface area contributed by atoms with Crippen molar-refractivity contribution in [3.8, 4) is 16.9 Å². The second-order valence-corrected chi connectivity index (χ2v) is 12.8. The Labute approximate surface area is 250 Å². The number of allylic oxidation sites excluding steroid dienone is 1. The molecule has 1 fully saturated rings. The first-order chi connectivity index (χ1) is 19.6. The molecule has 1 amide bonds. The Kier molecular flexibility index (Phi) is 8.54. The summed E-state index contributed by atoms with van der Waals surface area (Å²) in [5.41, 5.74) is 4.66. The molecule has 10 heteroatoms. The molecule has 0 spiro atoms. The fourth-order valence-corrected chi connectivity index (χ4v) is 6.29. The zero-order valence-electron chi connectivity index (χ0n) is 22.7. The summed E-state index contributed by atoms with van der Waals surface area (Å²) >= 11 is 12.6. The number of nitrogens with zero attached hydrogens (tertiary/aromatic N) is 3. The highest BCUT2D eigenvalue weighted by Crippen LogP contribution is 2.32. The van der Waals surface area contributed by atoms with Gasteiger partial charge in [-0.2, -0.15) is 8.42 Å². The van der Waals surface area contributed by atoms with Gasteiger partial charge in [0, 0.05) is 28.9 Å². The summed E-state index contributed by atoms with van der Waals surface area (Å²) in [6, 6.07) is 20.6. The molecule has 2 heterocycles. The lowest BCUT2D eigenvalue weighted by Crippen LogP contribution is -2.29. The standard InChI is InChI=1S/C31H30Cl2N4O3S/c1-21(2)6-3-4-7-22-10-12-23(13-11-22)16-30-34-29(27-15-14-24(32)17-28(27)33)19-36(30)25-8-5-9-26(18-25)37-20-31(38)35-41(37,39)40/h4-5,7-15,17-19,21H,3,6,16,20H2,1-2H3,(H,35,38)/b7-4+. The molecule has 212 valence electrons. The third kappa shape index (κ3) is 6.84. The van der Waals surface area contributed by atoms with Crippen LogP contribution in [0, 0.1) is 5.92 Å². The van der Waals surface area contributed by atoms with Crippen molar-refractivity contribution >= 4 is 51.1 Å². The van der Waals surface area contributed by atoms with Gasteiger partial charge < -0.3 is 4.57 Å². The van der Waals surface area contributed by atoms with Crippen LogP contribution in [0.2, 0.25) is 10.0 Å². The van der Waals surface area contributed by atoms with Crippen molar-refractivity contribution in [2.24, 2.45) is 5.92 Å². The van der Waals surface area contributed by atoms with Gasteiger partial charge in [-0.25, -0.2) is 14.0 Å². The van der Waals surface area contributed by atoms with E-state index in [1.54, 1.807) is 30.3 Å². The molecule has 1 aliphatic heterocycles. The van der Waals surface area contributed by atoms with Crippen molar-refractivity contribution in [1.29, 1.82) is 0 Å². The largest absolute Gasteiger partial charge is 0.326 e. The molecule has 0 unspecified atom stereocenters. The van der Waals surface area contributed by atoms with Gasteiger partial charge in [-0.15, -0.1) is 0 Å². The van der Waals surface area contributed by atoms with Crippen molar-refractivity contribution in [3.05, 3.63) is 106 Å². The average Bonchev–Trinajstić information content (AvgIpc) is 3.46. The van der Waals surface area contributed by atoms with Gasteiger partial charge in [-0.3, -0.25) is 4.79 Å². The Balaban J connectivity index is 1.49. The van der Waals surface area contributed by atoms with E-state index in [1.807, 2.05) is 27.6 Å². The lowest BCUT2D eigenvalue weighted by atomic mass is 10.1. The van der Waals surface area contributed by atoms with E-state index < -0.39 is 16.1 Å². The number of hydrogen-bond donors (Lipinski definition) is 1. The summed E-state index contributed by atoms with van der Waals surface area (Å²) in [7, 11) is -3.94. The van der Waals surface area contributed by atoms with Gasteiger partial charge in [0.1, 0.15) is 12.4 Å². The molecule has 3 aromatic carbocycles. The van der Waals surface area contributed by atoms with Crippen molar-refractivity contribution in [2.75, 3.05) is 10.8 Å². The van der Waals surface area contributed by atoms with Gasteiger partial charge in [0.2, 0.25) is 0 Å². The maximum absolute atomic E-state index is 12.5. The van der Waals surface area contributed by atoms with Crippen LogP contribution in [0.5, 0.6) is 0 Å². The number of carbonyl (C=O) groups is 1. The van der Waals surface area contributed by atoms with Crippen LogP contribution in [0.1, 0.15) is 43.6 Å². The molecule has 41 heavy (non-hydrogen) atoms. The highest BCUT2D eigenvalue weighted by Gasteiger charge is 2.34. The second-order valence-electron chi connectivity index (χ2n) is 10.4. The van der Waals surface area contributed by atoms with E-state index in [0.29, 0.717) is 39.5 Å². The van der Waals surface area contributed by atoms with E-state index in [0.717, 1.165) is 39.7 Å². The molecule has 0 atom stereocenters. The van der Waals surface area contributed by atoms with Crippen LogP contribution in [0.3, 0.4) is 0 Å². The summed E-state index contributed by atoms with van der Waals surface area (Å²) in [5.74, 6) is 0.844. The fourth-order valence-electron chi connectivity index (χ4n) is 4.65. The number of carbonyl (C=O) groups excluding carboxylic acids is 1. The molecule has 4 aromatic rings. The zero-order valence-corrected chi connectivity index (χ0v) is 25.0. The van der Waals surface area contributed by atoms with Gasteiger partial charge in [-0.05, 0) is 66.3 Å². The van der Waals surface area contributed by atoms with Crippen LogP contribution in [-0.2, 0) is 21.4 Å². The van der Waals surface area contributed by atoms with E-state index in [-0.39, 0.29) is 6.54 Å². The SMILES string of the molecule is CC(C)CC/C=C/c1ccc(Cc2nc(-c3ccc(Cl)cc3Cl)cn2-c2cccc(N3CC(=O)NS3(=O)=O)c2)cc1. The predicted molar refractivity (Wildman–Crippen MR) is 166 cm³/mol. The molecule has 0 saturated carbocycles. The van der Waals surface area contributed by atoms with Crippen LogP contribution in [0.15, 0.2) is 79.0 Å². The van der Waals surface area contributed by atoms with Crippen molar-refractivity contribution in [1.82, 2.24) is 14.3 Å². The molecule has 5 rings (SSSR count). The minimum absolute atomic E-state index is 0.271. The van der Waals surface area contributed by atoms with Gasteiger partial charge in [0.15, 0.2) is 0 Å². The Bertz CT molecular complexity index is 1710. The fraction of sp³-hybridized carbons (Fsp3) is 0.226. The Morgan fingerprint density at radius 3 is 2.46 bits per heavy atom. The van der Waals surface area contributed by atoms with Crippen LogP contribution in [0.4, 0.5) is 5.69 Å². The minimum atomic E-state index is -3.94. The Hall–Kier alpha value is -3.59. The summed E-state index contributed by atoms with van der Waals surface area (Å²) < 4.78 is 29.9. The molecule has 7 nitrogen and oxygen atoms in total. The number of nitrogens with one attached hydrogen (secondary N) is 1. The lowest BCUT2D eigenvalue weighted by molar-refractivity contribution is -0.117. The number of benzene rings is 3. The number of hydrogen-bond acceptors (Lipinski definition) is 4. The monoisotopic (exact) mass is 608 g/mol. The zero-order chi connectivity index (χ0) is 29.1. The summed E-state index contributed by atoms with van der Waals surface area (Å²) in [4.78, 5) is 16.8. The van der Waals surface area contributed by atoms with Gasteiger partial charge >= 0.3 is 10.2 Å². The smallest absolute Gasteiger partial charge is 0.303 e. The number of imidazole rings is 1. The molecule has 1 aliphatic rings. The lowest BCUT2D eigenvalue weighted by Gasteiger charge is -2.16. The van der Waals surface area contributed by atoms with Crippen LogP contribution >= 0.6 is 23.2 Å². The van der Waals surface area contributed by atoms with E-state index in [1.165, 1.54) is 0 Å². The number of halogens is 2. The molecular weight excluding hydrogens is 579 g/mol. The number of amides is 1. The molecule has 1 N–H and O–H groups in total. The number of rotatable bonds is 9. The van der Waals surface area contributed by atoms with Crippen molar-refractivity contribution < 1.29 is 13.2 Å². The molecule has 0 aliphatic carbocycles. The topological polar surface area (TPSA) is 84.3 Å². The second kappa shape index (κ2) is 12.1. The average molecular weight is 610 g/mol. The van der Waals surface area contributed by atoms with E-state index in [4.69, 9.17) is 28.2 Å². The quantitative estimate of drug-likeness (QED) is 0.220. The maximum Gasteiger partial charge on any atom is 0.326 e. The number of anilines is 1. The third-order valence-corrected chi connectivity index (χ3v) is 8.72. The third-order valence-electron chi connectivity index (χ3n) is 6.77. The molecule has 0 bridgehead atoms. The number of aromatic nitrogens is 2. The van der Waals surface area contributed by atoms with E-state index >= 15 is 0 Å². The summed E-state index contributed by atoms with van der Waals surface area (Å²) in [5, 5.41) is 1.00. The van der Waals surface area contributed by atoms with Crippen LogP contribution in [0.25, 0.3) is 23.0 Å². The molecule has 1 aromatic heterocycles. The maximum atomic E-state index is 12.5. The first-order valence-electron chi connectivity index (χ1n) is 13.3. The van der Waals surface area contributed by atoms with E-state index in [9.17, 15) is 13.2 Å². The first kappa shape index (κ1) is 28.9. The highest BCUT2D eigenvalue weighted by atomic mass is 35.5. The van der Waals surface area contributed by atoms with E-state index in [2.05, 4.69) is 50.3 Å². The predicted octanol–water partition coefficient (Wildman–Crippen LogP) is 7.07. The molecule has 0 radical (unpaired) electrons. The first-order valence-corrected chi connectivity index (χ1v) is 15.5. The minimum Gasteiger partial charge on any atom is -0.303 e.